The van der Waals surface area contributed by atoms with Crippen LogP contribution in [0.3, 0.4) is 0 Å². The lowest BCUT2D eigenvalue weighted by Crippen LogP contribution is -2.23. The number of rotatable bonds is 7. The van der Waals surface area contributed by atoms with Crippen LogP contribution in [0.5, 0.6) is 0 Å². The number of thiazole rings is 1. The number of nitrogens with zero attached hydrogens (tertiary/aromatic N) is 3. The lowest BCUT2D eigenvalue weighted by Gasteiger charge is -2.20. The van der Waals surface area contributed by atoms with Gasteiger partial charge in [0.25, 0.3) is 0 Å². The molecule has 0 fully saturated rings. The second kappa shape index (κ2) is 9.70. The lowest BCUT2D eigenvalue weighted by molar-refractivity contribution is -0.141. The van der Waals surface area contributed by atoms with Crippen molar-refractivity contribution in [2.45, 2.75) is 26.2 Å². The van der Waals surface area contributed by atoms with Gasteiger partial charge in [-0.15, -0.1) is 0 Å². The molecule has 0 atom stereocenters. The molecule has 3 rings (SSSR count). The molecule has 0 saturated carbocycles. The molecule has 1 N–H and O–H groups in total. The number of aromatic nitrogens is 2. The first kappa shape index (κ1) is 23.1. The zero-order valence-corrected chi connectivity index (χ0v) is 18.7. The highest BCUT2D eigenvalue weighted by molar-refractivity contribution is 7.15. The Balaban J connectivity index is 1.88. The zero-order chi connectivity index (χ0) is 21.9. The van der Waals surface area contributed by atoms with E-state index in [9.17, 15) is 13.2 Å². The largest absolute Gasteiger partial charge is 0.434 e. The Bertz CT molecular complexity index is 989. The Morgan fingerprint density at radius 3 is 2.27 bits per heavy atom. The second-order valence-electron chi connectivity index (χ2n) is 6.32. The molecule has 2 aromatic heterocycles. The van der Waals surface area contributed by atoms with Crippen molar-refractivity contribution in [1.29, 1.82) is 0 Å². The first-order chi connectivity index (χ1) is 14.2. The fourth-order valence-corrected chi connectivity index (χ4v) is 4.67. The summed E-state index contributed by atoms with van der Waals surface area (Å²) in [6, 6.07) is 6.56. The SMILES string of the molecule is CCN(Cc1ccncc1)Cc1sc(Nc2c(Cl)cc(Cl)cc2Cl)nc1C(F)(F)F. The van der Waals surface area contributed by atoms with Gasteiger partial charge in [0.15, 0.2) is 10.8 Å². The molecule has 30 heavy (non-hydrogen) atoms. The molecule has 11 heteroatoms. The number of anilines is 2. The fourth-order valence-electron chi connectivity index (χ4n) is 2.73. The third-order valence-corrected chi connectivity index (χ3v) is 5.94. The highest BCUT2D eigenvalue weighted by Crippen LogP contribution is 2.40. The predicted molar refractivity (Wildman–Crippen MR) is 116 cm³/mol. The van der Waals surface area contributed by atoms with E-state index in [2.05, 4.69) is 15.3 Å². The number of alkyl halides is 3. The van der Waals surface area contributed by atoms with Crippen LogP contribution in [0.25, 0.3) is 0 Å². The van der Waals surface area contributed by atoms with Crippen LogP contribution in [0.15, 0.2) is 36.7 Å². The number of halogens is 6. The third kappa shape index (κ3) is 5.76. The van der Waals surface area contributed by atoms with E-state index in [1.807, 2.05) is 24.0 Å². The van der Waals surface area contributed by atoms with E-state index in [0.717, 1.165) is 16.9 Å². The predicted octanol–water partition coefficient (Wildman–Crippen LogP) is 7.28. The average molecular weight is 496 g/mol. The Morgan fingerprint density at radius 2 is 1.70 bits per heavy atom. The lowest BCUT2D eigenvalue weighted by atomic mass is 10.2. The molecule has 160 valence electrons. The van der Waals surface area contributed by atoms with Gasteiger partial charge in [-0.25, -0.2) is 4.98 Å². The Hall–Kier alpha value is -1.58. The fraction of sp³-hybridized carbons (Fsp3) is 0.263. The molecule has 1 aromatic carbocycles. The van der Waals surface area contributed by atoms with Crippen molar-refractivity contribution in [3.05, 3.63) is 67.9 Å². The maximum absolute atomic E-state index is 13.6. The van der Waals surface area contributed by atoms with Crippen LogP contribution in [0, 0.1) is 0 Å². The normalized spacial score (nSPS) is 11.9. The summed E-state index contributed by atoms with van der Waals surface area (Å²) in [5, 5.41) is 3.54. The molecule has 0 amide bonds. The maximum atomic E-state index is 13.6. The summed E-state index contributed by atoms with van der Waals surface area (Å²) in [4.78, 5) is 9.72. The number of hydrogen-bond acceptors (Lipinski definition) is 5. The number of pyridine rings is 1. The number of benzene rings is 1. The van der Waals surface area contributed by atoms with Crippen molar-refractivity contribution in [3.63, 3.8) is 0 Å². The van der Waals surface area contributed by atoms with Crippen molar-refractivity contribution in [2.24, 2.45) is 0 Å². The highest BCUT2D eigenvalue weighted by Gasteiger charge is 2.38. The smallest absolute Gasteiger partial charge is 0.329 e. The third-order valence-electron chi connectivity index (χ3n) is 4.17. The summed E-state index contributed by atoms with van der Waals surface area (Å²) in [6.07, 6.45) is -1.29. The van der Waals surface area contributed by atoms with E-state index in [-0.39, 0.29) is 32.3 Å². The average Bonchev–Trinajstić information content (AvgIpc) is 3.08. The molecule has 2 heterocycles. The summed E-state index contributed by atoms with van der Waals surface area (Å²) in [6.45, 7) is 3.04. The van der Waals surface area contributed by atoms with E-state index in [4.69, 9.17) is 34.8 Å². The van der Waals surface area contributed by atoms with Gasteiger partial charge in [0.2, 0.25) is 0 Å². The van der Waals surface area contributed by atoms with Gasteiger partial charge >= 0.3 is 6.18 Å². The molecule has 0 radical (unpaired) electrons. The topological polar surface area (TPSA) is 41.1 Å². The van der Waals surface area contributed by atoms with Gasteiger partial charge in [0.1, 0.15) is 0 Å². The first-order valence-corrected chi connectivity index (χ1v) is 10.7. The molecule has 0 spiro atoms. The molecular weight excluding hydrogens is 480 g/mol. The summed E-state index contributed by atoms with van der Waals surface area (Å²) in [7, 11) is 0. The van der Waals surface area contributed by atoms with Gasteiger partial charge in [-0.2, -0.15) is 13.2 Å². The molecule has 3 aromatic rings. The van der Waals surface area contributed by atoms with Crippen LogP contribution in [0.4, 0.5) is 24.0 Å². The van der Waals surface area contributed by atoms with Gasteiger partial charge in [0.05, 0.1) is 20.6 Å². The minimum atomic E-state index is -4.59. The Kier molecular flexibility index (Phi) is 7.47. The van der Waals surface area contributed by atoms with Gasteiger partial charge in [-0.1, -0.05) is 53.1 Å². The molecule has 0 unspecified atom stereocenters. The zero-order valence-electron chi connectivity index (χ0n) is 15.6. The van der Waals surface area contributed by atoms with Crippen molar-refractivity contribution >= 4 is 57.0 Å². The quantitative estimate of drug-likeness (QED) is 0.374. The van der Waals surface area contributed by atoms with Crippen LogP contribution in [-0.4, -0.2) is 21.4 Å². The molecule has 0 aliphatic rings. The van der Waals surface area contributed by atoms with E-state index < -0.39 is 11.9 Å². The van der Waals surface area contributed by atoms with Gasteiger partial charge in [-0.05, 0) is 36.4 Å². The van der Waals surface area contributed by atoms with Crippen LogP contribution < -0.4 is 5.32 Å². The second-order valence-corrected chi connectivity index (χ2v) is 8.65. The van der Waals surface area contributed by atoms with E-state index >= 15 is 0 Å². The summed E-state index contributed by atoms with van der Waals surface area (Å²) in [5.74, 6) is 0. The minimum absolute atomic E-state index is 0.0448. The van der Waals surface area contributed by atoms with E-state index in [1.54, 1.807) is 12.4 Å². The number of nitrogens with one attached hydrogen (secondary N) is 1. The molecule has 0 aliphatic heterocycles. The van der Waals surface area contributed by atoms with Crippen molar-refractivity contribution in [1.82, 2.24) is 14.9 Å². The maximum Gasteiger partial charge on any atom is 0.434 e. The summed E-state index contributed by atoms with van der Waals surface area (Å²) in [5.41, 5.74) is 0.285. The minimum Gasteiger partial charge on any atom is -0.329 e. The highest BCUT2D eigenvalue weighted by atomic mass is 35.5. The summed E-state index contributed by atoms with van der Waals surface area (Å²) >= 11 is 19.1. The van der Waals surface area contributed by atoms with Gasteiger partial charge < -0.3 is 5.32 Å². The molecule has 4 nitrogen and oxygen atoms in total. The van der Waals surface area contributed by atoms with Crippen LogP contribution in [0.1, 0.15) is 23.1 Å². The van der Waals surface area contributed by atoms with Gasteiger partial charge in [0, 0.05) is 30.5 Å². The monoisotopic (exact) mass is 494 g/mol. The van der Waals surface area contributed by atoms with Crippen LogP contribution in [-0.2, 0) is 19.3 Å². The Morgan fingerprint density at radius 1 is 1.07 bits per heavy atom. The first-order valence-electron chi connectivity index (χ1n) is 8.77. The van der Waals surface area contributed by atoms with E-state index in [1.165, 1.54) is 12.1 Å². The van der Waals surface area contributed by atoms with Gasteiger partial charge in [-0.3, -0.25) is 9.88 Å². The molecular formula is C19H16Cl3F3N4S. The van der Waals surface area contributed by atoms with Crippen LogP contribution in [0.2, 0.25) is 15.1 Å². The van der Waals surface area contributed by atoms with E-state index in [0.29, 0.717) is 18.1 Å². The van der Waals surface area contributed by atoms with Crippen molar-refractivity contribution in [3.8, 4) is 0 Å². The summed E-state index contributed by atoms with van der Waals surface area (Å²) < 4.78 is 40.8. The standard InChI is InChI=1S/C19H16Cl3F3N4S/c1-2-29(9-11-3-5-26-6-4-11)10-15-17(19(23,24)25)28-18(30-15)27-16-13(21)7-12(20)8-14(16)22/h3-8H,2,9-10H2,1H3,(H,27,28). The van der Waals surface area contributed by atoms with Crippen molar-refractivity contribution < 1.29 is 13.2 Å². The molecule has 0 saturated heterocycles. The van der Waals surface area contributed by atoms with Crippen molar-refractivity contribution in [2.75, 3.05) is 11.9 Å². The van der Waals surface area contributed by atoms with Crippen LogP contribution >= 0.6 is 46.1 Å². The Labute approximate surface area is 190 Å². The molecule has 0 bridgehead atoms. The number of hydrogen-bond donors (Lipinski definition) is 1. The molecule has 0 aliphatic carbocycles.